The van der Waals surface area contributed by atoms with Crippen molar-refractivity contribution >= 4 is 23.2 Å². The van der Waals surface area contributed by atoms with E-state index in [4.69, 9.17) is 21.1 Å². The number of hydrogen-bond donors (Lipinski definition) is 1. The summed E-state index contributed by atoms with van der Waals surface area (Å²) in [6.45, 7) is 0.0800. The Morgan fingerprint density at radius 2 is 1.96 bits per heavy atom. The summed E-state index contributed by atoms with van der Waals surface area (Å²) in [7, 11) is 1.38. The number of nitrogens with zero attached hydrogens (tertiary/aromatic N) is 1. The number of nitrogens with one attached hydrogen (secondary N) is 1. The summed E-state index contributed by atoms with van der Waals surface area (Å²) in [5.74, 6) is -0.622. The summed E-state index contributed by atoms with van der Waals surface area (Å²) in [4.78, 5) is 15.8. The van der Waals surface area contributed by atoms with Crippen molar-refractivity contribution in [1.29, 1.82) is 0 Å². The number of halogens is 4. The molecule has 1 N–H and O–H groups in total. The van der Waals surface area contributed by atoms with E-state index < -0.39 is 24.8 Å². The van der Waals surface area contributed by atoms with Crippen LogP contribution in [-0.2, 0) is 9.53 Å². The number of rotatable bonds is 6. The van der Waals surface area contributed by atoms with E-state index in [9.17, 15) is 18.0 Å². The average molecular weight is 389 g/mol. The lowest BCUT2D eigenvalue weighted by atomic mass is 10.1. The molecule has 1 amide bonds. The largest absolute Gasteiger partial charge is 0.468 e. The number of pyridine rings is 1. The topological polar surface area (TPSA) is 60.5 Å². The van der Waals surface area contributed by atoms with E-state index >= 15 is 0 Å². The monoisotopic (exact) mass is 388 g/mol. The van der Waals surface area contributed by atoms with E-state index in [0.29, 0.717) is 16.3 Å². The van der Waals surface area contributed by atoms with E-state index in [2.05, 4.69) is 10.3 Å². The van der Waals surface area contributed by atoms with Gasteiger partial charge in [-0.15, -0.1) is 0 Å². The van der Waals surface area contributed by atoms with Crippen molar-refractivity contribution in [2.45, 2.75) is 19.2 Å². The van der Waals surface area contributed by atoms with Crippen molar-refractivity contribution in [3.8, 4) is 17.0 Å². The Morgan fingerprint density at radius 1 is 1.31 bits per heavy atom. The normalized spacial score (nSPS) is 12.5. The summed E-state index contributed by atoms with van der Waals surface area (Å²) in [5, 5.41) is 3.05. The number of anilines is 1. The number of carbonyl (C=O) groups is 1. The number of alkyl halides is 3. The molecule has 1 atom stereocenters. The molecule has 2 aromatic rings. The van der Waals surface area contributed by atoms with Crippen molar-refractivity contribution in [3.63, 3.8) is 0 Å². The van der Waals surface area contributed by atoms with E-state index in [1.54, 1.807) is 31.2 Å². The molecule has 1 aromatic heterocycles. The second kappa shape index (κ2) is 8.37. The minimum atomic E-state index is -4.50. The minimum Gasteiger partial charge on any atom is -0.468 e. The summed E-state index contributed by atoms with van der Waals surface area (Å²) in [5.41, 5.74) is 1.12. The van der Waals surface area contributed by atoms with Gasteiger partial charge in [0.2, 0.25) is 5.88 Å². The van der Waals surface area contributed by atoms with Crippen molar-refractivity contribution in [3.05, 3.63) is 41.6 Å². The third-order valence-electron chi connectivity index (χ3n) is 3.37. The molecule has 0 radical (unpaired) electrons. The van der Waals surface area contributed by atoms with E-state index in [1.165, 1.54) is 19.4 Å². The van der Waals surface area contributed by atoms with Gasteiger partial charge in [-0.2, -0.15) is 13.2 Å². The molecular formula is C17H16ClF3N2O3. The van der Waals surface area contributed by atoms with Gasteiger partial charge >= 0.3 is 6.18 Å². The molecule has 5 nitrogen and oxygen atoms in total. The zero-order valence-electron chi connectivity index (χ0n) is 13.9. The van der Waals surface area contributed by atoms with Crippen molar-refractivity contribution < 1.29 is 27.4 Å². The number of benzene rings is 1. The number of carbonyl (C=O) groups excluding carboxylic acids is 1. The molecule has 0 saturated heterocycles. The molecule has 9 heteroatoms. The molecule has 1 unspecified atom stereocenters. The summed E-state index contributed by atoms with van der Waals surface area (Å²) in [6, 6.07) is 7.87. The molecule has 2 rings (SSSR count). The van der Waals surface area contributed by atoms with Gasteiger partial charge in [-0.05, 0) is 30.7 Å². The van der Waals surface area contributed by atoms with E-state index in [0.717, 1.165) is 0 Å². The first-order chi connectivity index (χ1) is 12.2. The van der Waals surface area contributed by atoms with Gasteiger partial charge in [-0.25, -0.2) is 4.98 Å². The van der Waals surface area contributed by atoms with Crippen LogP contribution in [0.3, 0.4) is 0 Å². The Morgan fingerprint density at radius 3 is 2.54 bits per heavy atom. The van der Waals surface area contributed by atoms with Crippen LogP contribution in [0.15, 0.2) is 36.5 Å². The molecule has 0 spiro atoms. The molecule has 0 aliphatic rings. The number of ether oxygens (including phenoxy) is 2. The number of aromatic nitrogens is 1. The Kier molecular flexibility index (Phi) is 6.44. The van der Waals surface area contributed by atoms with Crippen molar-refractivity contribution in [2.75, 3.05) is 19.0 Å². The van der Waals surface area contributed by atoms with Gasteiger partial charge in [-0.1, -0.05) is 23.7 Å². The summed E-state index contributed by atoms with van der Waals surface area (Å²) >= 11 is 5.84. The van der Waals surface area contributed by atoms with Crippen LogP contribution >= 0.6 is 11.6 Å². The van der Waals surface area contributed by atoms with Crippen LogP contribution in [-0.4, -0.2) is 36.9 Å². The maximum Gasteiger partial charge on any atom is 0.422 e. The maximum absolute atomic E-state index is 12.5. The second-order valence-electron chi connectivity index (χ2n) is 5.35. The highest BCUT2D eigenvalue weighted by molar-refractivity contribution is 6.30. The lowest BCUT2D eigenvalue weighted by Crippen LogP contribution is -2.26. The first-order valence-electron chi connectivity index (χ1n) is 7.49. The van der Waals surface area contributed by atoms with Crippen LogP contribution in [0.1, 0.15) is 6.92 Å². The van der Waals surface area contributed by atoms with Gasteiger partial charge in [0.25, 0.3) is 5.91 Å². The Hall–Kier alpha value is -2.32. The quantitative estimate of drug-likeness (QED) is 0.800. The Balaban J connectivity index is 2.36. The highest BCUT2D eigenvalue weighted by atomic mass is 35.5. The lowest BCUT2D eigenvalue weighted by molar-refractivity contribution is -0.154. The average Bonchev–Trinajstić information content (AvgIpc) is 2.59. The first-order valence-corrected chi connectivity index (χ1v) is 7.86. The SMILES string of the molecule is COC(C)C(=O)Nc1cnc(OCC(F)(F)F)c(-c2ccc(Cl)cc2)c1. The van der Waals surface area contributed by atoms with Crippen molar-refractivity contribution in [1.82, 2.24) is 4.98 Å². The van der Waals surface area contributed by atoms with Crippen LogP contribution in [0, 0.1) is 0 Å². The molecule has 0 aliphatic heterocycles. The van der Waals surface area contributed by atoms with Crippen LogP contribution in [0.5, 0.6) is 5.88 Å². The van der Waals surface area contributed by atoms with Gasteiger partial charge in [0.1, 0.15) is 6.10 Å². The fraction of sp³-hybridized carbons (Fsp3) is 0.294. The third kappa shape index (κ3) is 5.60. The molecule has 0 saturated carbocycles. The van der Waals surface area contributed by atoms with Crippen LogP contribution in [0.25, 0.3) is 11.1 Å². The third-order valence-corrected chi connectivity index (χ3v) is 3.62. The fourth-order valence-corrected chi connectivity index (χ4v) is 2.10. The Labute approximate surface area is 153 Å². The molecule has 1 heterocycles. The number of methoxy groups -OCH3 is 1. The minimum absolute atomic E-state index is 0.206. The molecular weight excluding hydrogens is 373 g/mol. The van der Waals surface area contributed by atoms with E-state index in [1.807, 2.05) is 0 Å². The Bertz CT molecular complexity index is 767. The van der Waals surface area contributed by atoms with Crippen molar-refractivity contribution in [2.24, 2.45) is 0 Å². The molecule has 0 bridgehead atoms. The molecule has 1 aromatic carbocycles. The zero-order chi connectivity index (χ0) is 19.3. The molecule has 0 fully saturated rings. The fourth-order valence-electron chi connectivity index (χ4n) is 1.97. The highest BCUT2D eigenvalue weighted by Crippen LogP contribution is 2.32. The standard InChI is InChI=1S/C17H16ClF3N2O3/c1-10(25-2)15(24)23-13-7-14(11-3-5-12(18)6-4-11)16(22-8-13)26-9-17(19,20)21/h3-8,10H,9H2,1-2H3,(H,23,24). The number of hydrogen-bond acceptors (Lipinski definition) is 4. The predicted octanol–water partition coefficient (Wildman–Crippen LogP) is 4.32. The molecule has 26 heavy (non-hydrogen) atoms. The maximum atomic E-state index is 12.5. The summed E-state index contributed by atoms with van der Waals surface area (Å²) in [6.07, 6.45) is -3.99. The predicted molar refractivity (Wildman–Crippen MR) is 91.3 cm³/mol. The van der Waals surface area contributed by atoms with Gasteiger partial charge in [0.15, 0.2) is 6.61 Å². The van der Waals surface area contributed by atoms with Gasteiger partial charge < -0.3 is 14.8 Å². The molecule has 0 aliphatic carbocycles. The highest BCUT2D eigenvalue weighted by Gasteiger charge is 2.29. The second-order valence-corrected chi connectivity index (χ2v) is 5.79. The first kappa shape index (κ1) is 20.0. The lowest BCUT2D eigenvalue weighted by Gasteiger charge is -2.15. The van der Waals surface area contributed by atoms with Gasteiger partial charge in [0, 0.05) is 17.7 Å². The van der Waals surface area contributed by atoms with Gasteiger partial charge in [-0.3, -0.25) is 4.79 Å². The molecule has 140 valence electrons. The van der Waals surface area contributed by atoms with Crippen LogP contribution < -0.4 is 10.1 Å². The van der Waals surface area contributed by atoms with Crippen LogP contribution in [0.4, 0.5) is 18.9 Å². The van der Waals surface area contributed by atoms with Gasteiger partial charge in [0.05, 0.1) is 11.9 Å². The summed E-state index contributed by atoms with van der Waals surface area (Å²) < 4.78 is 47.1. The number of amides is 1. The van der Waals surface area contributed by atoms with E-state index in [-0.39, 0.29) is 11.4 Å². The van der Waals surface area contributed by atoms with Crippen LogP contribution in [0.2, 0.25) is 5.02 Å². The smallest absolute Gasteiger partial charge is 0.422 e. The zero-order valence-corrected chi connectivity index (χ0v) is 14.7.